The van der Waals surface area contributed by atoms with Crippen molar-refractivity contribution >= 4 is 5.97 Å². The second-order valence-electron chi connectivity index (χ2n) is 8.07. The monoisotopic (exact) mass is 417 g/mol. The van der Waals surface area contributed by atoms with Crippen molar-refractivity contribution in [2.45, 2.75) is 129 Å². The van der Waals surface area contributed by atoms with E-state index >= 15 is 0 Å². The first-order valence-electron chi connectivity index (χ1n) is 12.2. The number of carboxylic acid groups (broad SMARTS) is 1. The van der Waals surface area contributed by atoms with Crippen molar-refractivity contribution in [2.75, 3.05) is 19.8 Å². The first kappa shape index (κ1) is 30.5. The molecule has 0 aliphatic carbocycles. The van der Waals surface area contributed by atoms with Crippen LogP contribution in [0.1, 0.15) is 123 Å². The second-order valence-corrected chi connectivity index (χ2v) is 8.07. The summed E-state index contributed by atoms with van der Waals surface area (Å²) in [4.78, 5) is 9.45. The van der Waals surface area contributed by atoms with Gasteiger partial charge in [0.05, 0.1) is 0 Å². The highest BCUT2D eigenvalue weighted by Crippen LogP contribution is 2.13. The van der Waals surface area contributed by atoms with E-state index in [9.17, 15) is 4.79 Å². The molecule has 0 aromatic rings. The summed E-state index contributed by atoms with van der Waals surface area (Å²) in [5.41, 5.74) is 5.43. The van der Waals surface area contributed by atoms with Crippen LogP contribution in [0.3, 0.4) is 0 Å². The highest BCUT2D eigenvalue weighted by Gasteiger charge is 2.01. The van der Waals surface area contributed by atoms with Gasteiger partial charge in [0, 0.05) is 13.2 Å². The third kappa shape index (κ3) is 32.2. The quantitative estimate of drug-likeness (QED) is 0.197. The fourth-order valence-corrected chi connectivity index (χ4v) is 3.04. The van der Waals surface area contributed by atoms with Crippen molar-refractivity contribution in [1.82, 2.24) is 0 Å². The van der Waals surface area contributed by atoms with Crippen LogP contribution in [-0.4, -0.2) is 42.0 Å². The maximum atomic E-state index is 9.45. The standard InChI is InChI=1S/C21H45NO.C3H6O3/c1-2-3-4-5-6-7-8-9-10-11-12-13-14-15-16-17-20-23-21-18-19-22;1-2(4)3(5)6/h2-22H2,1H3;2,4H,1H3,(H,5,6). The molecule has 0 aromatic carbocycles. The summed E-state index contributed by atoms with van der Waals surface area (Å²) < 4.78 is 5.51. The van der Waals surface area contributed by atoms with Crippen molar-refractivity contribution in [3.05, 3.63) is 0 Å². The molecule has 5 nitrogen and oxygen atoms in total. The summed E-state index contributed by atoms with van der Waals surface area (Å²) in [6, 6.07) is 0. The van der Waals surface area contributed by atoms with Crippen LogP contribution in [0.25, 0.3) is 0 Å². The molecular formula is C24H51NO4. The van der Waals surface area contributed by atoms with Gasteiger partial charge in [-0.2, -0.15) is 0 Å². The van der Waals surface area contributed by atoms with E-state index in [-0.39, 0.29) is 0 Å². The van der Waals surface area contributed by atoms with Gasteiger partial charge >= 0.3 is 5.97 Å². The predicted molar refractivity (Wildman–Crippen MR) is 123 cm³/mol. The van der Waals surface area contributed by atoms with E-state index < -0.39 is 12.1 Å². The minimum absolute atomic E-state index is 0.749. The fourth-order valence-electron chi connectivity index (χ4n) is 3.04. The van der Waals surface area contributed by atoms with Crippen LogP contribution in [0.5, 0.6) is 0 Å². The Labute approximate surface area is 180 Å². The minimum atomic E-state index is -1.23. The summed E-state index contributed by atoms with van der Waals surface area (Å²) in [7, 11) is 0. The molecule has 0 saturated carbocycles. The third-order valence-electron chi connectivity index (χ3n) is 4.99. The van der Waals surface area contributed by atoms with Gasteiger partial charge in [-0.05, 0) is 26.3 Å². The summed E-state index contributed by atoms with van der Waals surface area (Å²) >= 11 is 0. The molecule has 0 aliphatic rings. The lowest BCUT2D eigenvalue weighted by molar-refractivity contribution is -0.145. The second kappa shape index (κ2) is 27.4. The minimum Gasteiger partial charge on any atom is -0.479 e. The number of unbranched alkanes of at least 4 members (excludes halogenated alkanes) is 15. The van der Waals surface area contributed by atoms with Crippen LogP contribution in [-0.2, 0) is 9.53 Å². The van der Waals surface area contributed by atoms with E-state index in [2.05, 4.69) is 6.92 Å². The maximum absolute atomic E-state index is 9.45. The van der Waals surface area contributed by atoms with E-state index in [4.69, 9.17) is 20.7 Å². The molecule has 176 valence electrons. The van der Waals surface area contributed by atoms with Gasteiger partial charge in [0.2, 0.25) is 0 Å². The van der Waals surface area contributed by atoms with E-state index in [0.29, 0.717) is 0 Å². The predicted octanol–water partition coefficient (Wildman–Crippen LogP) is 6.07. The van der Waals surface area contributed by atoms with Crippen LogP contribution < -0.4 is 5.73 Å². The number of nitrogens with two attached hydrogens (primary N) is 1. The average molecular weight is 418 g/mol. The van der Waals surface area contributed by atoms with Gasteiger partial charge in [-0.15, -0.1) is 0 Å². The van der Waals surface area contributed by atoms with Gasteiger partial charge in [0.15, 0.2) is 0 Å². The molecule has 0 bridgehead atoms. The lowest BCUT2D eigenvalue weighted by Gasteiger charge is -2.04. The maximum Gasteiger partial charge on any atom is 0.332 e. The molecule has 0 aromatic heterocycles. The topological polar surface area (TPSA) is 92.8 Å². The van der Waals surface area contributed by atoms with Crippen LogP contribution in [0.4, 0.5) is 0 Å². The van der Waals surface area contributed by atoms with E-state index in [1.165, 1.54) is 110 Å². The van der Waals surface area contributed by atoms with Crippen LogP contribution in [0, 0.1) is 0 Å². The van der Waals surface area contributed by atoms with Crippen LogP contribution in [0.2, 0.25) is 0 Å². The average Bonchev–Trinajstić information content (AvgIpc) is 2.70. The number of ether oxygens (including phenoxy) is 1. The molecule has 29 heavy (non-hydrogen) atoms. The molecule has 0 aliphatic heterocycles. The molecule has 0 saturated heterocycles. The molecule has 4 N–H and O–H groups in total. The zero-order valence-corrected chi connectivity index (χ0v) is 19.5. The molecule has 0 heterocycles. The third-order valence-corrected chi connectivity index (χ3v) is 4.99. The van der Waals surface area contributed by atoms with Crippen molar-refractivity contribution in [3.63, 3.8) is 0 Å². The van der Waals surface area contributed by atoms with Crippen molar-refractivity contribution < 1.29 is 19.7 Å². The number of hydrogen-bond donors (Lipinski definition) is 3. The van der Waals surface area contributed by atoms with E-state index in [1.807, 2.05) is 0 Å². The molecule has 0 fully saturated rings. The zero-order chi connectivity index (χ0) is 22.0. The molecule has 1 unspecified atom stereocenters. The number of aliphatic hydroxyl groups excluding tert-OH is 1. The summed E-state index contributed by atoms with van der Waals surface area (Å²) in [5.74, 6) is -1.19. The van der Waals surface area contributed by atoms with Crippen LogP contribution >= 0.6 is 0 Å². The molecule has 5 heteroatoms. The van der Waals surface area contributed by atoms with Gasteiger partial charge in [-0.1, -0.05) is 103 Å². The smallest absolute Gasteiger partial charge is 0.332 e. The van der Waals surface area contributed by atoms with Crippen molar-refractivity contribution in [3.8, 4) is 0 Å². The van der Waals surface area contributed by atoms with Gasteiger partial charge in [-0.25, -0.2) is 4.79 Å². The Balaban J connectivity index is 0. The number of aliphatic carboxylic acids is 1. The summed E-state index contributed by atoms with van der Waals surface area (Å²) in [5, 5.41) is 15.8. The highest BCUT2D eigenvalue weighted by molar-refractivity contribution is 5.71. The van der Waals surface area contributed by atoms with Crippen molar-refractivity contribution in [2.24, 2.45) is 5.73 Å². The normalized spacial score (nSPS) is 11.7. The lowest BCUT2D eigenvalue weighted by atomic mass is 10.0. The van der Waals surface area contributed by atoms with Gasteiger partial charge in [-0.3, -0.25) is 0 Å². The number of rotatable bonds is 21. The Hall–Kier alpha value is -0.650. The molecule has 0 spiro atoms. The zero-order valence-electron chi connectivity index (χ0n) is 19.5. The largest absolute Gasteiger partial charge is 0.479 e. The van der Waals surface area contributed by atoms with Gasteiger partial charge < -0.3 is 20.7 Å². The van der Waals surface area contributed by atoms with E-state index in [1.54, 1.807) is 0 Å². The number of carboxylic acids is 1. The lowest BCUT2D eigenvalue weighted by Crippen LogP contribution is -2.13. The van der Waals surface area contributed by atoms with Gasteiger partial charge in [0.25, 0.3) is 0 Å². The first-order chi connectivity index (χ1) is 14.1. The Kier molecular flexibility index (Phi) is 28.8. The molecule has 0 radical (unpaired) electrons. The van der Waals surface area contributed by atoms with Crippen molar-refractivity contribution in [1.29, 1.82) is 0 Å². The number of hydrogen-bond acceptors (Lipinski definition) is 4. The van der Waals surface area contributed by atoms with E-state index in [0.717, 1.165) is 26.2 Å². The number of aliphatic hydroxyl groups is 1. The number of carbonyl (C=O) groups is 1. The Bertz CT molecular complexity index is 291. The SMILES string of the molecule is CC(O)C(=O)O.CCCCCCCCCCCCCCCCCCOCCCN. The first-order valence-corrected chi connectivity index (χ1v) is 12.2. The molecular weight excluding hydrogens is 366 g/mol. The Morgan fingerprint density at radius 3 is 1.34 bits per heavy atom. The summed E-state index contributed by atoms with van der Waals surface area (Å²) in [6.07, 6.45) is 22.5. The summed E-state index contributed by atoms with van der Waals surface area (Å²) in [6.45, 7) is 6.01. The molecule has 0 rings (SSSR count). The molecule has 0 amide bonds. The van der Waals surface area contributed by atoms with Crippen LogP contribution in [0.15, 0.2) is 0 Å². The highest BCUT2D eigenvalue weighted by atomic mass is 16.5. The fraction of sp³-hybridized carbons (Fsp3) is 0.958. The molecule has 1 atom stereocenters. The Morgan fingerprint density at radius 1 is 0.724 bits per heavy atom. The Morgan fingerprint density at radius 2 is 1.03 bits per heavy atom. The van der Waals surface area contributed by atoms with Gasteiger partial charge in [0.1, 0.15) is 6.10 Å².